The van der Waals surface area contributed by atoms with Gasteiger partial charge in [0.15, 0.2) is 6.29 Å². The summed E-state index contributed by atoms with van der Waals surface area (Å²) < 4.78 is 0. The van der Waals surface area contributed by atoms with E-state index in [9.17, 15) is 19.7 Å². The molecule has 1 heterocycles. The number of aromatic amines is 1. The Morgan fingerprint density at radius 1 is 1.11 bits per heavy atom. The highest BCUT2D eigenvalue weighted by Crippen LogP contribution is 2.19. The second-order valence-electron chi connectivity index (χ2n) is 3.58. The molecule has 2 aromatic rings. The molecule has 0 aliphatic rings. The van der Waals surface area contributed by atoms with Crippen LogP contribution >= 0.6 is 0 Å². The number of nitrogens with zero attached hydrogens (tertiary/aromatic N) is 1. The Morgan fingerprint density at radius 2 is 1.78 bits per heavy atom. The van der Waals surface area contributed by atoms with E-state index in [1.807, 2.05) is 0 Å². The van der Waals surface area contributed by atoms with E-state index >= 15 is 0 Å². The zero-order valence-corrected chi connectivity index (χ0v) is 9.12. The maximum absolute atomic E-state index is 11.4. The maximum Gasteiger partial charge on any atom is 0.269 e. The lowest BCUT2D eigenvalue weighted by atomic mass is 10.1. The first-order valence-corrected chi connectivity index (χ1v) is 5.05. The summed E-state index contributed by atoms with van der Waals surface area (Å²) in [4.78, 5) is 34.5. The van der Waals surface area contributed by atoms with Crippen molar-refractivity contribution in [1.82, 2.24) is 4.98 Å². The SMILES string of the molecule is O=Cc1ccc(-c2ccc([N+](=O)[O-])cc2)[nH]c1=O. The van der Waals surface area contributed by atoms with Crippen molar-refractivity contribution < 1.29 is 9.72 Å². The molecule has 0 atom stereocenters. The van der Waals surface area contributed by atoms with Crippen molar-refractivity contribution in [1.29, 1.82) is 0 Å². The van der Waals surface area contributed by atoms with E-state index in [1.54, 1.807) is 6.07 Å². The largest absolute Gasteiger partial charge is 0.321 e. The molecule has 0 spiro atoms. The predicted octanol–water partition coefficient (Wildman–Crippen LogP) is 1.76. The molecule has 0 fully saturated rings. The van der Waals surface area contributed by atoms with Crippen LogP contribution in [-0.4, -0.2) is 16.2 Å². The van der Waals surface area contributed by atoms with Gasteiger partial charge in [-0.25, -0.2) is 0 Å². The van der Waals surface area contributed by atoms with Crippen LogP contribution in [0.15, 0.2) is 41.2 Å². The van der Waals surface area contributed by atoms with E-state index in [1.165, 1.54) is 30.3 Å². The highest BCUT2D eigenvalue weighted by molar-refractivity contribution is 5.75. The minimum absolute atomic E-state index is 0.0226. The number of nitrogens with one attached hydrogen (secondary N) is 1. The Hall–Kier alpha value is -2.76. The number of carbonyl (C=O) groups excluding carboxylic acids is 1. The van der Waals surface area contributed by atoms with Crippen LogP contribution in [0, 0.1) is 10.1 Å². The Kier molecular flexibility index (Phi) is 3.01. The van der Waals surface area contributed by atoms with Crippen molar-refractivity contribution in [3.8, 4) is 11.3 Å². The van der Waals surface area contributed by atoms with Crippen LogP contribution in [0.3, 0.4) is 0 Å². The fourth-order valence-corrected chi connectivity index (χ4v) is 1.51. The number of benzene rings is 1. The molecule has 0 saturated heterocycles. The van der Waals surface area contributed by atoms with Gasteiger partial charge in [-0.1, -0.05) is 0 Å². The van der Waals surface area contributed by atoms with Crippen molar-refractivity contribution in [3.63, 3.8) is 0 Å². The van der Waals surface area contributed by atoms with Gasteiger partial charge in [0, 0.05) is 17.8 Å². The second-order valence-corrected chi connectivity index (χ2v) is 3.58. The number of aldehydes is 1. The minimum Gasteiger partial charge on any atom is -0.321 e. The number of rotatable bonds is 3. The third-order valence-corrected chi connectivity index (χ3v) is 2.46. The number of carbonyl (C=O) groups is 1. The molecule has 6 nitrogen and oxygen atoms in total. The van der Waals surface area contributed by atoms with Crippen molar-refractivity contribution >= 4 is 12.0 Å². The van der Waals surface area contributed by atoms with Crippen molar-refractivity contribution in [2.75, 3.05) is 0 Å². The first-order chi connectivity index (χ1) is 8.61. The van der Waals surface area contributed by atoms with E-state index in [2.05, 4.69) is 4.98 Å². The van der Waals surface area contributed by atoms with E-state index in [0.29, 0.717) is 17.5 Å². The molecular weight excluding hydrogens is 236 g/mol. The summed E-state index contributed by atoms with van der Waals surface area (Å²) in [5.41, 5.74) is 0.669. The van der Waals surface area contributed by atoms with Crippen LogP contribution < -0.4 is 5.56 Å². The van der Waals surface area contributed by atoms with Crippen molar-refractivity contribution in [2.45, 2.75) is 0 Å². The molecule has 1 N–H and O–H groups in total. The lowest BCUT2D eigenvalue weighted by Crippen LogP contribution is -2.11. The van der Waals surface area contributed by atoms with Gasteiger partial charge in [-0.15, -0.1) is 0 Å². The standard InChI is InChI=1S/C12H8N2O4/c15-7-9-3-6-11(13-12(9)16)8-1-4-10(5-2-8)14(17)18/h1-7H,(H,13,16). The van der Waals surface area contributed by atoms with Crippen LogP contribution in [0.5, 0.6) is 0 Å². The van der Waals surface area contributed by atoms with Gasteiger partial charge in [-0.3, -0.25) is 19.7 Å². The molecular formula is C12H8N2O4. The maximum atomic E-state index is 11.4. The normalized spacial score (nSPS) is 10.0. The van der Waals surface area contributed by atoms with Gasteiger partial charge in [0.2, 0.25) is 0 Å². The van der Waals surface area contributed by atoms with E-state index in [4.69, 9.17) is 0 Å². The molecule has 0 unspecified atom stereocenters. The van der Waals surface area contributed by atoms with Gasteiger partial charge in [0.1, 0.15) is 0 Å². The van der Waals surface area contributed by atoms with Gasteiger partial charge in [-0.2, -0.15) is 0 Å². The van der Waals surface area contributed by atoms with Crippen LogP contribution in [-0.2, 0) is 0 Å². The average molecular weight is 244 g/mol. The first kappa shape index (κ1) is 11.7. The number of H-pyrrole nitrogens is 1. The lowest BCUT2D eigenvalue weighted by molar-refractivity contribution is -0.384. The molecule has 0 saturated carbocycles. The summed E-state index contributed by atoms with van der Waals surface area (Å²) in [6.07, 6.45) is 0.471. The average Bonchev–Trinajstić information content (AvgIpc) is 2.38. The Bertz CT molecular complexity index is 659. The number of aromatic nitrogens is 1. The Balaban J connectivity index is 2.43. The monoisotopic (exact) mass is 244 g/mol. The van der Waals surface area contributed by atoms with Gasteiger partial charge < -0.3 is 4.98 Å². The molecule has 0 aliphatic carbocycles. The number of hydrogen-bond acceptors (Lipinski definition) is 4. The Morgan fingerprint density at radius 3 is 2.28 bits per heavy atom. The molecule has 0 radical (unpaired) electrons. The Labute approximate surface area is 101 Å². The zero-order chi connectivity index (χ0) is 13.1. The van der Waals surface area contributed by atoms with E-state index in [0.717, 1.165) is 0 Å². The summed E-state index contributed by atoms with van der Waals surface area (Å²) >= 11 is 0. The van der Waals surface area contributed by atoms with Gasteiger partial charge in [0.05, 0.1) is 10.5 Å². The number of hydrogen-bond donors (Lipinski definition) is 1. The molecule has 0 aliphatic heterocycles. The topological polar surface area (TPSA) is 93.1 Å². The molecule has 1 aromatic heterocycles. The quantitative estimate of drug-likeness (QED) is 0.505. The smallest absolute Gasteiger partial charge is 0.269 e. The summed E-state index contributed by atoms with van der Waals surface area (Å²) in [5, 5.41) is 10.5. The third kappa shape index (κ3) is 2.17. The van der Waals surface area contributed by atoms with Crippen molar-refractivity contribution in [3.05, 3.63) is 62.4 Å². The van der Waals surface area contributed by atoms with Crippen LogP contribution in [0.25, 0.3) is 11.3 Å². The van der Waals surface area contributed by atoms with Crippen LogP contribution in [0.1, 0.15) is 10.4 Å². The summed E-state index contributed by atoms with van der Waals surface area (Å²) in [7, 11) is 0. The highest BCUT2D eigenvalue weighted by atomic mass is 16.6. The number of nitro groups is 1. The van der Waals surface area contributed by atoms with Gasteiger partial charge in [0.25, 0.3) is 11.2 Å². The molecule has 0 amide bonds. The summed E-state index contributed by atoms with van der Waals surface area (Å²) in [6.45, 7) is 0. The highest BCUT2D eigenvalue weighted by Gasteiger charge is 2.06. The van der Waals surface area contributed by atoms with Gasteiger partial charge in [-0.05, 0) is 29.8 Å². The molecule has 90 valence electrons. The van der Waals surface area contributed by atoms with Crippen LogP contribution in [0.4, 0.5) is 5.69 Å². The number of non-ortho nitro benzene ring substituents is 1. The number of pyridine rings is 1. The third-order valence-electron chi connectivity index (χ3n) is 2.46. The molecule has 18 heavy (non-hydrogen) atoms. The van der Waals surface area contributed by atoms with E-state index in [-0.39, 0.29) is 11.3 Å². The molecule has 1 aromatic carbocycles. The van der Waals surface area contributed by atoms with E-state index < -0.39 is 10.5 Å². The molecule has 6 heteroatoms. The lowest BCUT2D eigenvalue weighted by Gasteiger charge is -2.01. The predicted molar refractivity (Wildman–Crippen MR) is 64.5 cm³/mol. The summed E-state index contributed by atoms with van der Waals surface area (Å²) in [5.74, 6) is 0. The fraction of sp³-hybridized carbons (Fsp3) is 0. The first-order valence-electron chi connectivity index (χ1n) is 5.05. The van der Waals surface area contributed by atoms with Crippen LogP contribution in [0.2, 0.25) is 0 Å². The zero-order valence-electron chi connectivity index (χ0n) is 9.12. The molecule has 2 rings (SSSR count). The summed E-state index contributed by atoms with van der Waals surface area (Å²) in [6, 6.07) is 8.74. The molecule has 0 bridgehead atoms. The number of nitro benzene ring substituents is 1. The minimum atomic E-state index is -0.498. The van der Waals surface area contributed by atoms with Gasteiger partial charge >= 0.3 is 0 Å². The van der Waals surface area contributed by atoms with Crippen molar-refractivity contribution in [2.24, 2.45) is 0 Å². The second kappa shape index (κ2) is 4.62. The fourth-order valence-electron chi connectivity index (χ4n) is 1.51.